The second-order valence-corrected chi connectivity index (χ2v) is 9.28. The first-order valence-electron chi connectivity index (χ1n) is 10.0. The van der Waals surface area contributed by atoms with E-state index in [0.717, 1.165) is 17.4 Å². The van der Waals surface area contributed by atoms with Crippen LogP contribution >= 0.6 is 0 Å². The summed E-state index contributed by atoms with van der Waals surface area (Å²) in [5, 5.41) is 13.5. The van der Waals surface area contributed by atoms with Crippen molar-refractivity contribution in [3.05, 3.63) is 89.0 Å². The minimum atomic E-state index is -3.54. The number of amides is 1. The lowest BCUT2D eigenvalue weighted by molar-refractivity contribution is 0.0955. The molecule has 0 aliphatic carbocycles. The van der Waals surface area contributed by atoms with Crippen LogP contribution < -0.4 is 14.5 Å². The maximum absolute atomic E-state index is 12.4. The molecule has 9 heteroatoms. The van der Waals surface area contributed by atoms with Gasteiger partial charge in [0.25, 0.3) is 5.91 Å². The fourth-order valence-electron chi connectivity index (χ4n) is 3.13. The molecule has 0 bridgehead atoms. The maximum Gasteiger partial charge on any atom is 0.271 e. The van der Waals surface area contributed by atoms with Gasteiger partial charge in [-0.2, -0.15) is 5.10 Å². The summed E-state index contributed by atoms with van der Waals surface area (Å²) in [5.41, 5.74) is 5.71. The quantitative estimate of drug-likeness (QED) is 0.390. The number of aryl methyl sites for hydroxylation is 1. The Balaban J connectivity index is 1.72. The molecule has 0 aliphatic rings. The number of sulfonamides is 1. The number of hydrogen-bond acceptors (Lipinski definition) is 6. The van der Waals surface area contributed by atoms with E-state index in [1.807, 2.05) is 31.2 Å². The Kier molecular flexibility index (Phi) is 7.34. The average molecular weight is 468 g/mol. The van der Waals surface area contributed by atoms with Crippen molar-refractivity contribution in [2.45, 2.75) is 13.5 Å². The topological polar surface area (TPSA) is 108 Å². The average Bonchev–Trinajstić information content (AvgIpc) is 2.79. The molecule has 1 amide bonds. The van der Waals surface area contributed by atoms with Crippen LogP contribution in [0.3, 0.4) is 0 Å². The number of nitrogens with one attached hydrogen (secondary N) is 1. The van der Waals surface area contributed by atoms with Crippen LogP contribution in [-0.2, 0) is 16.6 Å². The Bertz CT molecular complexity index is 1270. The van der Waals surface area contributed by atoms with Crippen molar-refractivity contribution < 1.29 is 23.1 Å². The first-order valence-corrected chi connectivity index (χ1v) is 11.9. The van der Waals surface area contributed by atoms with Gasteiger partial charge in [-0.05, 0) is 66.1 Å². The highest BCUT2D eigenvalue weighted by Gasteiger charge is 2.19. The summed E-state index contributed by atoms with van der Waals surface area (Å²) in [4.78, 5) is 12.4. The molecule has 172 valence electrons. The van der Waals surface area contributed by atoms with Gasteiger partial charge in [-0.1, -0.05) is 24.3 Å². The lowest BCUT2D eigenvalue weighted by Crippen LogP contribution is -2.29. The van der Waals surface area contributed by atoms with Gasteiger partial charge < -0.3 is 9.84 Å². The predicted octanol–water partition coefficient (Wildman–Crippen LogP) is 3.44. The van der Waals surface area contributed by atoms with Crippen molar-refractivity contribution in [1.82, 2.24) is 5.43 Å². The van der Waals surface area contributed by atoms with Crippen LogP contribution in [-0.4, -0.2) is 39.0 Å². The zero-order chi connectivity index (χ0) is 24.0. The molecule has 0 saturated carbocycles. The van der Waals surface area contributed by atoms with E-state index < -0.39 is 15.9 Å². The third kappa shape index (κ3) is 6.11. The summed E-state index contributed by atoms with van der Waals surface area (Å²) in [7, 11) is -2.10. The maximum atomic E-state index is 12.4. The SMILES string of the molecule is COc1cc(/C=N\NC(=O)c2ccc(N(Cc3ccccc3C)S(C)(=O)=O)cc2)ccc1O. The Morgan fingerprint density at radius 3 is 2.45 bits per heavy atom. The fraction of sp³-hybridized carbons (Fsp3) is 0.167. The van der Waals surface area contributed by atoms with Crippen LogP contribution in [0.2, 0.25) is 0 Å². The van der Waals surface area contributed by atoms with Crippen LogP contribution in [0, 0.1) is 6.92 Å². The van der Waals surface area contributed by atoms with Gasteiger partial charge in [0.2, 0.25) is 10.0 Å². The number of benzene rings is 3. The Morgan fingerprint density at radius 2 is 1.82 bits per heavy atom. The third-order valence-corrected chi connectivity index (χ3v) is 6.12. The number of nitrogens with zero attached hydrogens (tertiary/aromatic N) is 2. The molecule has 0 radical (unpaired) electrons. The van der Waals surface area contributed by atoms with Crippen LogP contribution in [0.15, 0.2) is 71.8 Å². The molecule has 0 aromatic heterocycles. The van der Waals surface area contributed by atoms with Crippen molar-refractivity contribution >= 4 is 27.8 Å². The summed E-state index contributed by atoms with van der Waals surface area (Å²) >= 11 is 0. The molecule has 33 heavy (non-hydrogen) atoms. The van der Waals surface area contributed by atoms with E-state index in [1.165, 1.54) is 23.7 Å². The first kappa shape index (κ1) is 23.8. The highest BCUT2D eigenvalue weighted by atomic mass is 32.2. The van der Waals surface area contributed by atoms with Crippen molar-refractivity contribution in [3.8, 4) is 11.5 Å². The Hall–Kier alpha value is -3.85. The van der Waals surface area contributed by atoms with Crippen LogP contribution in [0.5, 0.6) is 11.5 Å². The summed E-state index contributed by atoms with van der Waals surface area (Å²) < 4.78 is 31.2. The predicted molar refractivity (Wildman–Crippen MR) is 128 cm³/mol. The number of carbonyl (C=O) groups excluding carboxylic acids is 1. The van der Waals surface area contributed by atoms with Crippen molar-refractivity contribution in [2.24, 2.45) is 5.10 Å². The summed E-state index contributed by atoms with van der Waals surface area (Å²) in [6, 6.07) is 18.5. The molecule has 0 aliphatic heterocycles. The number of methoxy groups -OCH3 is 1. The zero-order valence-corrected chi connectivity index (χ0v) is 19.3. The number of rotatable bonds is 8. The molecule has 2 N–H and O–H groups in total. The van der Waals surface area contributed by atoms with Gasteiger partial charge in [-0.25, -0.2) is 13.8 Å². The molecule has 8 nitrogen and oxygen atoms in total. The molecule has 0 heterocycles. The van der Waals surface area contributed by atoms with E-state index in [-0.39, 0.29) is 12.3 Å². The number of hydrazone groups is 1. The van der Waals surface area contributed by atoms with Crippen LogP contribution in [0.1, 0.15) is 27.0 Å². The van der Waals surface area contributed by atoms with Gasteiger partial charge in [0.15, 0.2) is 11.5 Å². The van der Waals surface area contributed by atoms with Gasteiger partial charge in [0.1, 0.15) is 0 Å². The monoisotopic (exact) mass is 467 g/mol. The van der Waals surface area contributed by atoms with Gasteiger partial charge in [-0.15, -0.1) is 0 Å². The first-order chi connectivity index (χ1) is 15.7. The highest BCUT2D eigenvalue weighted by molar-refractivity contribution is 7.92. The highest BCUT2D eigenvalue weighted by Crippen LogP contribution is 2.25. The van der Waals surface area contributed by atoms with Crippen molar-refractivity contribution in [2.75, 3.05) is 17.7 Å². The van der Waals surface area contributed by atoms with E-state index in [0.29, 0.717) is 22.6 Å². The molecule has 0 fully saturated rings. The normalized spacial score (nSPS) is 11.4. The summed E-state index contributed by atoms with van der Waals surface area (Å²) in [6.07, 6.45) is 2.57. The number of phenols is 1. The minimum Gasteiger partial charge on any atom is -0.504 e. The number of ether oxygens (including phenoxy) is 1. The molecule has 3 aromatic rings. The molecule has 0 atom stereocenters. The Morgan fingerprint density at radius 1 is 1.12 bits per heavy atom. The number of aromatic hydroxyl groups is 1. The molecular weight excluding hydrogens is 442 g/mol. The smallest absolute Gasteiger partial charge is 0.271 e. The number of carbonyl (C=O) groups is 1. The standard InChI is InChI=1S/C24H25N3O5S/c1-17-6-4-5-7-20(17)16-27(33(3,30)31)21-11-9-19(10-12-21)24(29)26-25-15-18-8-13-22(28)23(14-18)32-2/h4-15,28H,16H2,1-3H3,(H,26,29)/b25-15-. The molecule has 0 spiro atoms. The lowest BCUT2D eigenvalue weighted by atomic mass is 10.1. The van der Waals surface area contributed by atoms with Crippen molar-refractivity contribution in [3.63, 3.8) is 0 Å². The van der Waals surface area contributed by atoms with Gasteiger partial charge in [0, 0.05) is 5.56 Å². The molecule has 3 rings (SSSR count). The molecule has 3 aromatic carbocycles. The van der Waals surface area contributed by atoms with Crippen molar-refractivity contribution in [1.29, 1.82) is 0 Å². The van der Waals surface area contributed by atoms with E-state index in [1.54, 1.807) is 36.4 Å². The number of phenolic OH excluding ortho intramolecular Hbond substituents is 1. The van der Waals surface area contributed by atoms with E-state index in [2.05, 4.69) is 10.5 Å². The third-order valence-electron chi connectivity index (χ3n) is 4.98. The summed E-state index contributed by atoms with van der Waals surface area (Å²) in [6.45, 7) is 2.12. The number of anilines is 1. The van der Waals surface area contributed by atoms with Crippen LogP contribution in [0.4, 0.5) is 5.69 Å². The number of hydrogen-bond donors (Lipinski definition) is 2. The Labute approximate surface area is 193 Å². The zero-order valence-electron chi connectivity index (χ0n) is 18.5. The summed E-state index contributed by atoms with van der Waals surface area (Å²) in [5.74, 6) is -0.153. The largest absolute Gasteiger partial charge is 0.504 e. The lowest BCUT2D eigenvalue weighted by Gasteiger charge is -2.23. The fourth-order valence-corrected chi connectivity index (χ4v) is 4.00. The second kappa shape index (κ2) is 10.2. The van der Waals surface area contributed by atoms with Gasteiger partial charge >= 0.3 is 0 Å². The van der Waals surface area contributed by atoms with Crippen LogP contribution in [0.25, 0.3) is 0 Å². The van der Waals surface area contributed by atoms with E-state index >= 15 is 0 Å². The molecule has 0 saturated heterocycles. The molecule has 0 unspecified atom stereocenters. The van der Waals surface area contributed by atoms with E-state index in [4.69, 9.17) is 4.74 Å². The van der Waals surface area contributed by atoms with E-state index in [9.17, 15) is 18.3 Å². The van der Waals surface area contributed by atoms with Gasteiger partial charge in [-0.3, -0.25) is 9.10 Å². The second-order valence-electron chi connectivity index (χ2n) is 7.37. The molecular formula is C24H25N3O5S. The van der Waals surface area contributed by atoms with Gasteiger partial charge in [0.05, 0.1) is 31.8 Å². The minimum absolute atomic E-state index is 0.00402.